The second-order valence-electron chi connectivity index (χ2n) is 19.2. The number of rotatable bonds is 17. The van der Waals surface area contributed by atoms with E-state index in [1.807, 2.05) is 36.4 Å². The summed E-state index contributed by atoms with van der Waals surface area (Å²) in [7, 11) is 1.82. The van der Waals surface area contributed by atoms with Crippen LogP contribution in [0.2, 0.25) is 0 Å². The van der Waals surface area contributed by atoms with E-state index in [0.717, 1.165) is 32.4 Å². The van der Waals surface area contributed by atoms with Gasteiger partial charge in [0.15, 0.2) is 5.96 Å². The lowest BCUT2D eigenvalue weighted by atomic mass is 9.99. The Balaban J connectivity index is 1.28. The quantitative estimate of drug-likeness (QED) is 0.0155. The van der Waals surface area contributed by atoms with Crippen molar-refractivity contribution in [2.75, 3.05) is 31.1 Å². The second-order valence-corrected chi connectivity index (χ2v) is 21.8. The molecule has 2 aliphatic rings. The number of guanidine groups is 1. The van der Waals surface area contributed by atoms with Crippen LogP contribution in [-0.4, -0.2) is 170 Å². The average molecular weight is 1170 g/mol. The molecule has 11 amide bonds. The van der Waals surface area contributed by atoms with Gasteiger partial charge in [-0.2, -0.15) is 0 Å². The molecule has 3 aromatic carbocycles. The summed E-state index contributed by atoms with van der Waals surface area (Å²) in [4.78, 5) is 166. The summed E-state index contributed by atoms with van der Waals surface area (Å²) in [6.45, 7) is -1.18. The molecule has 30 heteroatoms. The number of hydrogen-bond donors (Lipinski definition) is 14. The summed E-state index contributed by atoms with van der Waals surface area (Å²) in [6.07, 6.45) is 2.49. The van der Waals surface area contributed by atoms with E-state index in [1.54, 1.807) is 36.5 Å². The molecule has 0 radical (unpaired) electrons. The highest BCUT2D eigenvalue weighted by molar-refractivity contribution is 8.76. The number of fused-ring (bicyclic) bond motifs is 2. The van der Waals surface area contributed by atoms with E-state index in [0.29, 0.717) is 32.6 Å². The molecule has 7 atom stereocenters. The van der Waals surface area contributed by atoms with E-state index in [2.05, 4.69) is 62.5 Å². The fraction of sp³-hybridized carbons (Fsp3) is 0.365. The van der Waals surface area contributed by atoms with Gasteiger partial charge in [-0.3, -0.25) is 57.8 Å². The number of carboxylic acid groups (broad SMARTS) is 1. The molecule has 2 aliphatic heterocycles. The molecule has 82 heavy (non-hydrogen) atoms. The number of primary amides is 1. The number of aliphatic imine (C=N–C) groups is 1. The fourth-order valence-corrected chi connectivity index (χ4v) is 11.3. The number of carbonyl (C=O) groups excluding carboxylic acids is 10. The van der Waals surface area contributed by atoms with Gasteiger partial charge in [0.05, 0.1) is 12.9 Å². The standard InChI is InChI=1S/C52H62N16O12S2/c53-44(73)39-24-81-82-25-40(61-41(69)23-68-42(70)22-59-52(68)80)50(79)63-35(13-14-43(71)72)46(75)66-38(19-31-21-56-26-60-31)49(78)64-36(17-27-11-12-28-6-1-2-7-29(28)16-27)47(76)62-34(10-5-15-57-51(54)55)45(74)65-37(48(77)67-39)18-30-20-58-33-9-4-3-8-32(30)33/h1-4,6-9,11-12,16,20-21,26,34-40,58H,5,10,13-15,17-19,22-25H2,(H2,53,73)(H,56,60)(H,59,80)(H,61,69)(H,62,76)(H,63,79)(H,64,78)(H,65,74)(H,66,75)(H,67,77)(H,71,72)(H4,54,55,57)/t34-,35?,36+,37-,38-,39-,40-/m0/s1. The van der Waals surface area contributed by atoms with Crippen molar-refractivity contribution >= 4 is 114 Å². The Kier molecular flexibility index (Phi) is 21.2. The molecule has 1 unspecified atom stereocenters. The molecule has 5 aromatic rings. The number of urea groups is 1. The number of nitrogens with two attached hydrogens (primary N) is 3. The first-order chi connectivity index (χ1) is 39.3. The maximum absolute atomic E-state index is 14.9. The largest absolute Gasteiger partial charge is 0.481 e. The molecule has 0 bridgehead atoms. The van der Waals surface area contributed by atoms with Gasteiger partial charge >= 0.3 is 12.0 Å². The Hall–Kier alpha value is -9.19. The minimum Gasteiger partial charge on any atom is -0.481 e. The van der Waals surface area contributed by atoms with E-state index < -0.39 is 127 Å². The molecule has 2 fully saturated rings. The summed E-state index contributed by atoms with van der Waals surface area (Å²) in [6, 6.07) is 8.43. The molecule has 0 aliphatic carbocycles. The van der Waals surface area contributed by atoms with Crippen LogP contribution in [0.1, 0.15) is 42.5 Å². The fourth-order valence-electron chi connectivity index (χ4n) is 8.92. The van der Waals surface area contributed by atoms with Crippen LogP contribution in [0, 0.1) is 0 Å². The maximum atomic E-state index is 14.9. The lowest BCUT2D eigenvalue weighted by Crippen LogP contribution is -2.61. The molecule has 28 nitrogen and oxygen atoms in total. The SMILES string of the molecule is NC(=O)[C@@H]1CSSC[C@H](NC(=O)CN2C(=O)CNC2=O)C(=O)NC(CCC(=O)O)C(=O)N[C@@H](Cc2cnc[nH]2)C(=O)N[C@H](Cc2ccc3ccccc3c2)C(=O)N[C@@H](CCCN=C(N)N)C(=O)N[C@@H](Cc2c[nH]c3ccccc23)C(=O)N1. The molecule has 0 saturated carbocycles. The molecular formula is C52H62N16O12S2. The van der Waals surface area contributed by atoms with Gasteiger partial charge < -0.3 is 74.8 Å². The van der Waals surface area contributed by atoms with Crippen LogP contribution < -0.4 is 59.7 Å². The number of aliphatic carboxylic acids is 1. The van der Waals surface area contributed by atoms with Crippen molar-refractivity contribution in [1.29, 1.82) is 0 Å². The number of amides is 11. The Labute approximate surface area is 475 Å². The summed E-state index contributed by atoms with van der Waals surface area (Å²) < 4.78 is 0. The lowest BCUT2D eigenvalue weighted by Gasteiger charge is -2.28. The number of para-hydroxylation sites is 1. The molecule has 434 valence electrons. The number of nitrogens with zero attached hydrogens (tertiary/aromatic N) is 3. The van der Waals surface area contributed by atoms with Gasteiger partial charge in [0, 0.05) is 72.7 Å². The highest BCUT2D eigenvalue weighted by Crippen LogP contribution is 2.25. The Morgan fingerprint density at radius 2 is 1.32 bits per heavy atom. The van der Waals surface area contributed by atoms with Gasteiger partial charge in [-0.25, -0.2) is 9.78 Å². The molecular weight excluding hydrogens is 1100 g/mol. The highest BCUT2D eigenvalue weighted by atomic mass is 33.1. The minimum absolute atomic E-state index is 0.0167. The normalized spacial score (nSPS) is 22.0. The number of hydrogen-bond acceptors (Lipinski definition) is 15. The second kappa shape index (κ2) is 28.8. The van der Waals surface area contributed by atoms with Gasteiger partial charge in [0.2, 0.25) is 47.3 Å². The summed E-state index contributed by atoms with van der Waals surface area (Å²) >= 11 is 0. The number of nitrogens with one attached hydrogen (secondary N) is 10. The van der Waals surface area contributed by atoms with Gasteiger partial charge in [-0.1, -0.05) is 82.3 Å². The van der Waals surface area contributed by atoms with Gasteiger partial charge in [-0.15, -0.1) is 0 Å². The number of imide groups is 1. The molecule has 2 saturated heterocycles. The lowest BCUT2D eigenvalue weighted by molar-refractivity contribution is -0.138. The van der Waals surface area contributed by atoms with E-state index in [4.69, 9.17) is 17.2 Å². The van der Waals surface area contributed by atoms with E-state index in [9.17, 15) is 57.8 Å². The molecule has 7 rings (SSSR count). The van der Waals surface area contributed by atoms with Crippen molar-refractivity contribution in [2.45, 2.75) is 87.2 Å². The summed E-state index contributed by atoms with van der Waals surface area (Å²) in [5.41, 5.74) is 19.2. The third-order valence-corrected chi connectivity index (χ3v) is 15.6. The van der Waals surface area contributed by atoms with E-state index in [-0.39, 0.29) is 62.7 Å². The van der Waals surface area contributed by atoms with Crippen molar-refractivity contribution in [2.24, 2.45) is 22.2 Å². The van der Waals surface area contributed by atoms with Crippen molar-refractivity contribution in [1.82, 2.24) is 62.4 Å². The number of H-pyrrole nitrogens is 2. The maximum Gasteiger partial charge on any atom is 0.325 e. The van der Waals surface area contributed by atoms with Crippen LogP contribution in [0.4, 0.5) is 4.79 Å². The third kappa shape index (κ3) is 17.2. The Morgan fingerprint density at radius 3 is 1.99 bits per heavy atom. The minimum atomic E-state index is -1.70. The highest BCUT2D eigenvalue weighted by Gasteiger charge is 2.37. The first kappa shape index (κ1) is 60.5. The summed E-state index contributed by atoms with van der Waals surface area (Å²) in [5.74, 6) is -10.6. The van der Waals surface area contributed by atoms with Crippen LogP contribution in [0.15, 0.2) is 90.4 Å². The van der Waals surface area contributed by atoms with Crippen molar-refractivity contribution in [3.8, 4) is 0 Å². The Morgan fingerprint density at radius 1 is 0.695 bits per heavy atom. The monoisotopic (exact) mass is 1170 g/mol. The van der Waals surface area contributed by atoms with Crippen LogP contribution in [-0.2, 0) is 67.2 Å². The van der Waals surface area contributed by atoms with Crippen LogP contribution >= 0.6 is 21.6 Å². The average Bonchev–Trinajstić information content (AvgIpc) is 4.25. The zero-order chi connectivity index (χ0) is 58.9. The van der Waals surface area contributed by atoms with Crippen LogP contribution in [0.3, 0.4) is 0 Å². The van der Waals surface area contributed by atoms with Crippen molar-refractivity contribution in [3.05, 3.63) is 102 Å². The zero-order valence-corrected chi connectivity index (χ0v) is 45.6. The van der Waals surface area contributed by atoms with Crippen LogP contribution in [0.25, 0.3) is 21.7 Å². The molecule has 2 aromatic heterocycles. The van der Waals surface area contributed by atoms with E-state index >= 15 is 0 Å². The van der Waals surface area contributed by atoms with E-state index in [1.165, 1.54) is 12.5 Å². The Bertz CT molecular complexity index is 3210. The van der Waals surface area contributed by atoms with Crippen LogP contribution in [0.5, 0.6) is 0 Å². The number of carboxylic acids is 1. The predicted molar refractivity (Wildman–Crippen MR) is 301 cm³/mol. The first-order valence-corrected chi connectivity index (χ1v) is 28.3. The molecule has 0 spiro atoms. The van der Waals surface area contributed by atoms with Crippen molar-refractivity contribution < 1.29 is 57.8 Å². The van der Waals surface area contributed by atoms with Gasteiger partial charge in [0.25, 0.3) is 5.91 Å². The third-order valence-electron chi connectivity index (χ3n) is 13.2. The number of aromatic amines is 2. The van der Waals surface area contributed by atoms with Gasteiger partial charge in [-0.05, 0) is 47.2 Å². The first-order valence-electron chi connectivity index (χ1n) is 25.8. The number of carbonyl (C=O) groups is 11. The predicted octanol–water partition coefficient (Wildman–Crippen LogP) is -2.18. The van der Waals surface area contributed by atoms with Gasteiger partial charge in [0.1, 0.15) is 48.8 Å². The van der Waals surface area contributed by atoms with Crippen molar-refractivity contribution in [3.63, 3.8) is 0 Å². The topological polar surface area (TPSA) is 442 Å². The number of aromatic nitrogens is 3. The molecule has 4 heterocycles. The summed E-state index contributed by atoms with van der Waals surface area (Å²) in [5, 5.41) is 32.8. The smallest absolute Gasteiger partial charge is 0.325 e. The molecule has 17 N–H and O–H groups in total. The number of imidazole rings is 1. The zero-order valence-electron chi connectivity index (χ0n) is 43.9. The number of benzene rings is 3.